The minimum absolute atomic E-state index is 0. The van der Waals surface area contributed by atoms with Crippen LogP contribution in [0.5, 0.6) is 0 Å². The summed E-state index contributed by atoms with van der Waals surface area (Å²) in [5, 5.41) is 11.6. The molecule has 0 radical (unpaired) electrons. The van der Waals surface area contributed by atoms with Gasteiger partial charge in [0.25, 0.3) is 0 Å². The summed E-state index contributed by atoms with van der Waals surface area (Å²) in [7, 11) is 1.74. The first-order chi connectivity index (χ1) is 5.65. The Balaban J connectivity index is 0.00000144. The number of carbonyl (C=O) groups is 1. The molecule has 0 aliphatic carbocycles. The van der Waals surface area contributed by atoms with Crippen LogP contribution in [0.25, 0.3) is 0 Å². The molecule has 3 nitrogen and oxygen atoms in total. The standard InChI is InChI=1S/C8H8BrNO2.CH4/c1-10-5-2-3-7(9)6(4-5)8(11)12;/h2-4,10H,1H3,(H,11,12);1H4. The first kappa shape index (κ1) is 12.0. The summed E-state index contributed by atoms with van der Waals surface area (Å²) in [4.78, 5) is 10.6. The van der Waals surface area contributed by atoms with Gasteiger partial charge in [-0.1, -0.05) is 7.43 Å². The summed E-state index contributed by atoms with van der Waals surface area (Å²) in [6.45, 7) is 0. The molecule has 0 aromatic heterocycles. The van der Waals surface area contributed by atoms with Crippen molar-refractivity contribution in [2.75, 3.05) is 12.4 Å². The summed E-state index contributed by atoms with van der Waals surface area (Å²) < 4.78 is 0.592. The highest BCUT2D eigenvalue weighted by Crippen LogP contribution is 2.20. The fraction of sp³-hybridized carbons (Fsp3) is 0.222. The minimum Gasteiger partial charge on any atom is -0.478 e. The zero-order chi connectivity index (χ0) is 9.14. The lowest BCUT2D eigenvalue weighted by Gasteiger charge is -2.02. The van der Waals surface area contributed by atoms with Crippen LogP contribution in [0, 0.1) is 0 Å². The molecule has 1 rings (SSSR count). The van der Waals surface area contributed by atoms with Gasteiger partial charge in [-0.2, -0.15) is 0 Å². The fourth-order valence-corrected chi connectivity index (χ4v) is 1.26. The second-order valence-corrected chi connectivity index (χ2v) is 3.10. The number of rotatable bonds is 2. The summed E-state index contributed by atoms with van der Waals surface area (Å²) >= 11 is 3.15. The zero-order valence-electron chi connectivity index (χ0n) is 6.47. The fourth-order valence-electron chi connectivity index (χ4n) is 0.845. The second kappa shape index (κ2) is 4.87. The van der Waals surface area contributed by atoms with Gasteiger partial charge in [-0.15, -0.1) is 0 Å². The smallest absolute Gasteiger partial charge is 0.336 e. The highest BCUT2D eigenvalue weighted by Gasteiger charge is 2.07. The molecular formula is C9H12BrNO2. The highest BCUT2D eigenvalue weighted by molar-refractivity contribution is 9.10. The molecule has 0 amide bonds. The van der Waals surface area contributed by atoms with Crippen LogP contribution >= 0.6 is 15.9 Å². The van der Waals surface area contributed by atoms with Crippen LogP contribution in [-0.2, 0) is 0 Å². The molecule has 0 saturated heterocycles. The molecule has 13 heavy (non-hydrogen) atoms. The van der Waals surface area contributed by atoms with E-state index in [9.17, 15) is 4.79 Å². The van der Waals surface area contributed by atoms with Crippen molar-refractivity contribution in [3.8, 4) is 0 Å². The van der Waals surface area contributed by atoms with Crippen LogP contribution < -0.4 is 5.32 Å². The summed E-state index contributed by atoms with van der Waals surface area (Å²) in [5.41, 5.74) is 1.05. The molecule has 0 unspecified atom stereocenters. The Kier molecular flexibility index (Phi) is 4.48. The Labute approximate surface area is 85.9 Å². The van der Waals surface area contributed by atoms with Gasteiger partial charge in [-0.25, -0.2) is 4.79 Å². The van der Waals surface area contributed by atoms with Gasteiger partial charge >= 0.3 is 5.97 Å². The molecule has 2 N–H and O–H groups in total. The van der Waals surface area contributed by atoms with E-state index in [-0.39, 0.29) is 13.0 Å². The van der Waals surface area contributed by atoms with E-state index in [2.05, 4.69) is 21.2 Å². The maximum absolute atomic E-state index is 10.6. The molecule has 0 aliphatic rings. The Morgan fingerprint density at radius 3 is 2.62 bits per heavy atom. The molecule has 0 fully saturated rings. The maximum atomic E-state index is 10.6. The molecular weight excluding hydrogens is 234 g/mol. The van der Waals surface area contributed by atoms with Crippen molar-refractivity contribution in [3.63, 3.8) is 0 Å². The van der Waals surface area contributed by atoms with Crippen LogP contribution in [-0.4, -0.2) is 18.1 Å². The summed E-state index contributed by atoms with van der Waals surface area (Å²) in [5.74, 6) is -0.932. The summed E-state index contributed by atoms with van der Waals surface area (Å²) in [6, 6.07) is 5.08. The Hall–Kier alpha value is -1.03. The van der Waals surface area contributed by atoms with E-state index in [1.807, 2.05) is 0 Å². The first-order valence-corrected chi connectivity index (χ1v) is 4.15. The molecule has 1 aromatic carbocycles. The predicted octanol–water partition coefficient (Wildman–Crippen LogP) is 2.83. The Bertz CT molecular complexity index is 312. The lowest BCUT2D eigenvalue weighted by Crippen LogP contribution is -1.99. The van der Waals surface area contributed by atoms with Crippen molar-refractivity contribution in [1.82, 2.24) is 0 Å². The molecule has 0 aliphatic heterocycles. The van der Waals surface area contributed by atoms with Crippen LogP contribution in [0.3, 0.4) is 0 Å². The van der Waals surface area contributed by atoms with E-state index in [0.717, 1.165) is 5.69 Å². The van der Waals surface area contributed by atoms with E-state index in [0.29, 0.717) is 4.47 Å². The number of benzene rings is 1. The Morgan fingerprint density at radius 2 is 2.15 bits per heavy atom. The van der Waals surface area contributed by atoms with Crippen molar-refractivity contribution in [2.24, 2.45) is 0 Å². The maximum Gasteiger partial charge on any atom is 0.336 e. The number of carboxylic acids is 1. The molecule has 0 atom stereocenters. The van der Waals surface area contributed by atoms with Gasteiger partial charge in [0, 0.05) is 17.2 Å². The Morgan fingerprint density at radius 1 is 1.54 bits per heavy atom. The van der Waals surface area contributed by atoms with E-state index < -0.39 is 5.97 Å². The SMILES string of the molecule is C.CNc1ccc(Br)c(C(=O)O)c1. The van der Waals surface area contributed by atoms with Gasteiger partial charge < -0.3 is 10.4 Å². The lowest BCUT2D eigenvalue weighted by atomic mass is 10.2. The number of nitrogens with one attached hydrogen (secondary N) is 1. The van der Waals surface area contributed by atoms with Gasteiger partial charge in [0.15, 0.2) is 0 Å². The lowest BCUT2D eigenvalue weighted by molar-refractivity contribution is 0.0696. The largest absolute Gasteiger partial charge is 0.478 e. The number of hydrogen-bond donors (Lipinski definition) is 2. The van der Waals surface area contributed by atoms with Crippen molar-refractivity contribution in [3.05, 3.63) is 28.2 Å². The number of aromatic carboxylic acids is 1. The van der Waals surface area contributed by atoms with Gasteiger partial charge in [0.05, 0.1) is 5.56 Å². The third-order valence-electron chi connectivity index (χ3n) is 1.49. The van der Waals surface area contributed by atoms with Crippen LogP contribution in [0.1, 0.15) is 17.8 Å². The highest BCUT2D eigenvalue weighted by atomic mass is 79.9. The average molecular weight is 246 g/mol. The van der Waals surface area contributed by atoms with Gasteiger partial charge in [0.2, 0.25) is 0 Å². The summed E-state index contributed by atoms with van der Waals surface area (Å²) in [6.07, 6.45) is 0. The average Bonchev–Trinajstić information content (AvgIpc) is 2.05. The monoisotopic (exact) mass is 245 g/mol. The minimum atomic E-state index is -0.932. The number of hydrogen-bond acceptors (Lipinski definition) is 2. The molecule has 1 aromatic rings. The quantitative estimate of drug-likeness (QED) is 0.843. The van der Waals surface area contributed by atoms with Crippen molar-refractivity contribution in [2.45, 2.75) is 7.43 Å². The van der Waals surface area contributed by atoms with E-state index in [4.69, 9.17) is 5.11 Å². The third-order valence-corrected chi connectivity index (χ3v) is 2.18. The van der Waals surface area contributed by atoms with Gasteiger partial charge in [0.1, 0.15) is 0 Å². The van der Waals surface area contributed by atoms with Crippen molar-refractivity contribution >= 4 is 27.6 Å². The van der Waals surface area contributed by atoms with Gasteiger partial charge in [-0.3, -0.25) is 0 Å². The van der Waals surface area contributed by atoms with Gasteiger partial charge in [-0.05, 0) is 34.1 Å². The molecule has 0 spiro atoms. The zero-order valence-corrected chi connectivity index (χ0v) is 8.05. The van der Waals surface area contributed by atoms with E-state index in [1.54, 1.807) is 25.2 Å². The normalized spacial score (nSPS) is 8.77. The van der Waals surface area contributed by atoms with Crippen LogP contribution in [0.4, 0.5) is 5.69 Å². The molecule has 0 bridgehead atoms. The van der Waals surface area contributed by atoms with Crippen molar-refractivity contribution < 1.29 is 9.90 Å². The number of anilines is 1. The van der Waals surface area contributed by atoms with E-state index in [1.165, 1.54) is 0 Å². The third kappa shape index (κ3) is 2.73. The molecule has 4 heteroatoms. The van der Waals surface area contributed by atoms with Crippen LogP contribution in [0.15, 0.2) is 22.7 Å². The number of carboxylic acid groups (broad SMARTS) is 1. The second-order valence-electron chi connectivity index (χ2n) is 2.25. The molecule has 72 valence electrons. The number of halogens is 1. The first-order valence-electron chi connectivity index (χ1n) is 3.35. The van der Waals surface area contributed by atoms with E-state index >= 15 is 0 Å². The molecule has 0 saturated carbocycles. The van der Waals surface area contributed by atoms with Crippen LogP contribution in [0.2, 0.25) is 0 Å². The van der Waals surface area contributed by atoms with Crippen molar-refractivity contribution in [1.29, 1.82) is 0 Å². The molecule has 0 heterocycles. The predicted molar refractivity (Wildman–Crippen MR) is 57.4 cm³/mol. The topological polar surface area (TPSA) is 49.3 Å².